The van der Waals surface area contributed by atoms with E-state index in [-0.39, 0.29) is 34.9 Å². The van der Waals surface area contributed by atoms with Crippen LogP contribution in [0.4, 0.5) is 5.69 Å². The minimum Gasteiger partial charge on any atom is -0.493 e. The van der Waals surface area contributed by atoms with E-state index in [2.05, 4.69) is 0 Å². The predicted octanol–water partition coefficient (Wildman–Crippen LogP) is 2.08. The Balaban J connectivity index is 3.47. The van der Waals surface area contributed by atoms with Crippen LogP contribution < -0.4 is 9.47 Å². The molecular formula is C14H14N2O6. The van der Waals surface area contributed by atoms with E-state index in [1.165, 1.54) is 20.3 Å². The first-order chi connectivity index (χ1) is 10.5. The summed E-state index contributed by atoms with van der Waals surface area (Å²) in [6, 6.07) is 4.13. The number of nitro groups is 1. The molecule has 1 rings (SSSR count). The summed E-state index contributed by atoms with van der Waals surface area (Å²) in [4.78, 5) is 22.1. The Bertz CT molecular complexity index is 660. The van der Waals surface area contributed by atoms with Crippen LogP contribution in [-0.2, 0) is 9.53 Å². The molecule has 1 aromatic carbocycles. The zero-order valence-corrected chi connectivity index (χ0v) is 12.3. The van der Waals surface area contributed by atoms with Crippen LogP contribution in [0.1, 0.15) is 12.5 Å². The molecule has 0 aromatic heterocycles. The Labute approximate surface area is 126 Å². The quantitative estimate of drug-likeness (QED) is 0.260. The van der Waals surface area contributed by atoms with Gasteiger partial charge in [-0.1, -0.05) is 0 Å². The number of methoxy groups -OCH3 is 2. The average molecular weight is 306 g/mol. The van der Waals surface area contributed by atoms with Gasteiger partial charge < -0.3 is 14.2 Å². The van der Waals surface area contributed by atoms with Gasteiger partial charge in [0.2, 0.25) is 0 Å². The van der Waals surface area contributed by atoms with Crippen LogP contribution in [0.5, 0.6) is 11.5 Å². The van der Waals surface area contributed by atoms with Gasteiger partial charge in [0.25, 0.3) is 5.69 Å². The monoisotopic (exact) mass is 306 g/mol. The Morgan fingerprint density at radius 3 is 2.41 bits per heavy atom. The van der Waals surface area contributed by atoms with Crippen molar-refractivity contribution >= 4 is 17.7 Å². The zero-order valence-electron chi connectivity index (χ0n) is 12.3. The van der Waals surface area contributed by atoms with Gasteiger partial charge in [-0.3, -0.25) is 10.1 Å². The largest absolute Gasteiger partial charge is 0.493 e. The lowest BCUT2D eigenvalue weighted by Gasteiger charge is -2.09. The normalized spacial score (nSPS) is 10.5. The van der Waals surface area contributed by atoms with E-state index in [1.54, 1.807) is 13.0 Å². The summed E-state index contributed by atoms with van der Waals surface area (Å²) in [5, 5.41) is 20.1. The molecule has 0 aliphatic heterocycles. The van der Waals surface area contributed by atoms with Gasteiger partial charge in [0.05, 0.1) is 37.4 Å². The molecule has 0 radical (unpaired) electrons. The second-order valence-corrected chi connectivity index (χ2v) is 3.91. The van der Waals surface area contributed by atoms with E-state index in [1.807, 2.05) is 0 Å². The molecule has 0 aliphatic rings. The van der Waals surface area contributed by atoms with E-state index < -0.39 is 10.9 Å². The van der Waals surface area contributed by atoms with Gasteiger partial charge in [0.1, 0.15) is 11.6 Å². The lowest BCUT2D eigenvalue weighted by atomic mass is 10.1. The third-order valence-electron chi connectivity index (χ3n) is 2.65. The van der Waals surface area contributed by atoms with Gasteiger partial charge in [0.15, 0.2) is 11.5 Å². The second-order valence-electron chi connectivity index (χ2n) is 3.91. The number of nitro benzene ring substituents is 1. The predicted molar refractivity (Wildman–Crippen MR) is 76.4 cm³/mol. The van der Waals surface area contributed by atoms with Gasteiger partial charge in [-0.2, -0.15) is 5.26 Å². The first-order valence-electron chi connectivity index (χ1n) is 6.17. The Morgan fingerprint density at radius 1 is 1.36 bits per heavy atom. The molecule has 116 valence electrons. The maximum absolute atomic E-state index is 11.6. The van der Waals surface area contributed by atoms with Gasteiger partial charge in [-0.05, 0) is 19.1 Å². The number of nitriles is 1. The molecule has 0 amide bonds. The fraction of sp³-hybridized carbons (Fsp3) is 0.286. The number of benzene rings is 1. The molecule has 0 bridgehead atoms. The molecule has 0 saturated heterocycles. The molecule has 0 saturated carbocycles. The van der Waals surface area contributed by atoms with Crippen LogP contribution in [0, 0.1) is 21.4 Å². The van der Waals surface area contributed by atoms with Crippen LogP contribution in [-0.4, -0.2) is 31.7 Å². The van der Waals surface area contributed by atoms with Crippen molar-refractivity contribution in [2.75, 3.05) is 20.8 Å². The first kappa shape index (κ1) is 17.0. The maximum Gasteiger partial charge on any atom is 0.348 e. The lowest BCUT2D eigenvalue weighted by Crippen LogP contribution is -2.06. The van der Waals surface area contributed by atoms with Gasteiger partial charge in [-0.25, -0.2) is 4.79 Å². The van der Waals surface area contributed by atoms with E-state index in [0.717, 1.165) is 12.1 Å². The van der Waals surface area contributed by atoms with Crippen LogP contribution in [0.2, 0.25) is 0 Å². The van der Waals surface area contributed by atoms with Crippen LogP contribution >= 0.6 is 0 Å². The van der Waals surface area contributed by atoms with Crippen LogP contribution in [0.25, 0.3) is 6.08 Å². The smallest absolute Gasteiger partial charge is 0.348 e. The molecular weight excluding hydrogens is 292 g/mol. The highest BCUT2D eigenvalue weighted by Gasteiger charge is 2.20. The number of carbonyl (C=O) groups excluding carboxylic acids is 1. The lowest BCUT2D eigenvalue weighted by molar-refractivity contribution is -0.385. The Hall–Kier alpha value is -3.08. The summed E-state index contributed by atoms with van der Waals surface area (Å²) in [6.07, 6.45) is 1.08. The highest BCUT2D eigenvalue weighted by molar-refractivity contribution is 5.98. The van der Waals surface area contributed by atoms with Crippen molar-refractivity contribution in [3.63, 3.8) is 0 Å². The van der Waals surface area contributed by atoms with Crippen molar-refractivity contribution in [3.8, 4) is 17.6 Å². The number of ether oxygens (including phenoxy) is 3. The van der Waals surface area contributed by atoms with Crippen LogP contribution in [0.3, 0.4) is 0 Å². The van der Waals surface area contributed by atoms with Crippen molar-refractivity contribution in [1.29, 1.82) is 5.26 Å². The van der Waals surface area contributed by atoms with Gasteiger partial charge in [-0.15, -0.1) is 0 Å². The van der Waals surface area contributed by atoms with E-state index in [4.69, 9.17) is 19.5 Å². The van der Waals surface area contributed by atoms with Gasteiger partial charge >= 0.3 is 5.97 Å². The Kier molecular flexibility index (Phi) is 5.89. The van der Waals surface area contributed by atoms with Crippen molar-refractivity contribution < 1.29 is 23.9 Å². The van der Waals surface area contributed by atoms with Crippen molar-refractivity contribution in [1.82, 2.24) is 0 Å². The topological polar surface area (TPSA) is 112 Å². The van der Waals surface area contributed by atoms with Crippen molar-refractivity contribution in [2.24, 2.45) is 0 Å². The second kappa shape index (κ2) is 7.64. The van der Waals surface area contributed by atoms with E-state index in [0.29, 0.717) is 0 Å². The van der Waals surface area contributed by atoms with E-state index >= 15 is 0 Å². The number of nitrogens with zero attached hydrogens (tertiary/aromatic N) is 2. The molecule has 0 aliphatic carbocycles. The number of hydrogen-bond acceptors (Lipinski definition) is 7. The molecule has 8 heteroatoms. The highest BCUT2D eigenvalue weighted by Crippen LogP contribution is 2.35. The molecule has 22 heavy (non-hydrogen) atoms. The number of rotatable bonds is 6. The first-order valence-corrected chi connectivity index (χ1v) is 6.17. The van der Waals surface area contributed by atoms with Crippen LogP contribution in [0.15, 0.2) is 17.7 Å². The molecule has 0 spiro atoms. The molecule has 0 heterocycles. The molecule has 0 unspecified atom stereocenters. The van der Waals surface area contributed by atoms with Gasteiger partial charge in [0, 0.05) is 0 Å². The fourth-order valence-corrected chi connectivity index (χ4v) is 1.66. The number of carbonyl (C=O) groups is 1. The third kappa shape index (κ3) is 3.73. The fourth-order valence-electron chi connectivity index (χ4n) is 1.66. The molecule has 1 aromatic rings. The number of esters is 1. The standard InChI is InChI=1S/C14H14N2O6/c1-4-22-14(17)10(8-15)5-9-6-12(20-2)13(21-3)7-11(9)16(18)19/h5-7H,4H2,1-3H3. The zero-order chi connectivity index (χ0) is 16.7. The van der Waals surface area contributed by atoms with Crippen molar-refractivity contribution in [3.05, 3.63) is 33.4 Å². The molecule has 0 atom stereocenters. The summed E-state index contributed by atoms with van der Waals surface area (Å²) in [5.41, 5.74) is -0.640. The average Bonchev–Trinajstić information content (AvgIpc) is 2.51. The summed E-state index contributed by atoms with van der Waals surface area (Å²) >= 11 is 0. The molecule has 0 N–H and O–H groups in total. The SMILES string of the molecule is CCOC(=O)C(C#N)=Cc1cc(OC)c(OC)cc1[N+](=O)[O-]. The summed E-state index contributed by atoms with van der Waals surface area (Å²) in [7, 11) is 2.71. The van der Waals surface area contributed by atoms with Crippen molar-refractivity contribution in [2.45, 2.75) is 6.92 Å². The maximum atomic E-state index is 11.6. The van der Waals surface area contributed by atoms with E-state index in [9.17, 15) is 14.9 Å². The minimum atomic E-state index is -0.853. The summed E-state index contributed by atoms with van der Waals surface area (Å²) in [6.45, 7) is 1.68. The highest BCUT2D eigenvalue weighted by atomic mass is 16.6. The summed E-state index contributed by atoms with van der Waals surface area (Å²) in [5.74, 6) is -0.449. The molecule has 0 fully saturated rings. The Morgan fingerprint density at radius 2 is 1.95 bits per heavy atom. The number of hydrogen-bond donors (Lipinski definition) is 0. The minimum absolute atomic E-state index is 0.0345. The summed E-state index contributed by atoms with van der Waals surface area (Å²) < 4.78 is 14.8. The third-order valence-corrected chi connectivity index (χ3v) is 2.65. The molecule has 8 nitrogen and oxygen atoms in total.